The molecule has 1 aliphatic heterocycles. The van der Waals surface area contributed by atoms with Gasteiger partial charge in [-0.15, -0.1) is 0 Å². The van der Waals surface area contributed by atoms with E-state index >= 15 is 0 Å². The number of aryl methyl sites for hydroxylation is 1. The molecule has 3 aromatic rings. The van der Waals surface area contributed by atoms with Crippen molar-refractivity contribution in [1.82, 2.24) is 4.98 Å². The van der Waals surface area contributed by atoms with Crippen molar-refractivity contribution in [2.75, 3.05) is 18.5 Å². The molecular formula is C37H41ClN2O7. The van der Waals surface area contributed by atoms with Gasteiger partial charge in [0, 0.05) is 28.2 Å². The van der Waals surface area contributed by atoms with Crippen LogP contribution in [0.15, 0.2) is 48.7 Å². The number of aliphatic carboxylic acids is 2. The summed E-state index contributed by atoms with van der Waals surface area (Å²) in [5, 5.41) is 24.0. The molecule has 4 aliphatic rings. The third-order valence-electron chi connectivity index (χ3n) is 10.9. The lowest BCUT2D eigenvalue weighted by Crippen LogP contribution is -2.53. The van der Waals surface area contributed by atoms with Crippen molar-refractivity contribution in [3.63, 3.8) is 0 Å². The molecule has 1 saturated carbocycles. The molecule has 0 bridgehead atoms. The van der Waals surface area contributed by atoms with E-state index in [0.29, 0.717) is 54.5 Å². The van der Waals surface area contributed by atoms with Gasteiger partial charge in [-0.3, -0.25) is 4.98 Å². The van der Waals surface area contributed by atoms with Gasteiger partial charge < -0.3 is 29.7 Å². The second kappa shape index (κ2) is 12.6. The number of benzene rings is 2. The van der Waals surface area contributed by atoms with Gasteiger partial charge in [-0.25, -0.2) is 9.59 Å². The maximum Gasteiger partial charge on any atom is 0.348 e. The van der Waals surface area contributed by atoms with E-state index in [0.717, 1.165) is 54.7 Å². The Kier molecular flexibility index (Phi) is 8.45. The molecular weight excluding hydrogens is 620 g/mol. The molecule has 2 aromatic carbocycles. The molecule has 9 nitrogen and oxygen atoms in total. The minimum atomic E-state index is -1.12. The molecule has 3 atom stereocenters. The summed E-state index contributed by atoms with van der Waals surface area (Å²) in [6.07, 6.45) is 9.03. The van der Waals surface area contributed by atoms with Crippen molar-refractivity contribution in [1.29, 1.82) is 0 Å². The third kappa shape index (κ3) is 5.99. The van der Waals surface area contributed by atoms with Gasteiger partial charge >= 0.3 is 11.9 Å². The van der Waals surface area contributed by atoms with Gasteiger partial charge in [-0.2, -0.15) is 0 Å². The number of rotatable bonds is 9. The van der Waals surface area contributed by atoms with E-state index in [4.69, 9.17) is 25.8 Å². The molecule has 1 spiro atoms. The summed E-state index contributed by atoms with van der Waals surface area (Å²) in [5.41, 5.74) is 3.97. The van der Waals surface area contributed by atoms with E-state index in [2.05, 4.69) is 17.2 Å². The third-order valence-corrected chi connectivity index (χ3v) is 11.1. The average molecular weight is 661 g/mol. The maximum atomic E-state index is 12.9. The summed E-state index contributed by atoms with van der Waals surface area (Å²) in [6, 6.07) is 13.2. The molecule has 1 fully saturated rings. The topological polar surface area (TPSA) is 127 Å². The summed E-state index contributed by atoms with van der Waals surface area (Å²) in [7, 11) is 0. The van der Waals surface area contributed by atoms with E-state index in [-0.39, 0.29) is 23.9 Å². The Balaban J connectivity index is 1.15. The van der Waals surface area contributed by atoms with Gasteiger partial charge in [-0.1, -0.05) is 24.6 Å². The van der Waals surface area contributed by atoms with Gasteiger partial charge in [0.05, 0.1) is 6.61 Å². The molecule has 3 aliphatic carbocycles. The maximum absolute atomic E-state index is 12.9. The quantitative estimate of drug-likeness (QED) is 0.225. The Morgan fingerprint density at radius 2 is 1.89 bits per heavy atom. The summed E-state index contributed by atoms with van der Waals surface area (Å²) in [4.78, 5) is 29.1. The molecule has 3 N–H and O–H groups in total. The number of ether oxygens (including phenoxy) is 3. The molecule has 2 unspecified atom stereocenters. The number of nitrogens with one attached hydrogen (secondary N) is 1. The lowest BCUT2D eigenvalue weighted by molar-refractivity contribution is -0.147. The molecule has 10 heteroatoms. The monoisotopic (exact) mass is 660 g/mol. The normalized spacial score (nSPS) is 26.6. The van der Waals surface area contributed by atoms with Crippen molar-refractivity contribution in [2.24, 2.45) is 11.8 Å². The Bertz CT molecular complexity index is 1690. The summed E-state index contributed by atoms with van der Waals surface area (Å²) < 4.78 is 18.2. The SMILES string of the molecule is C[C@@H](COc1ccnc2c1CCCC2)CC1Cc2cc3c(cc2C12CCC(Nc1cccc(Cl)c1)(C(=O)O)CC2)OCC(C(=O)O)O3. The molecule has 0 radical (unpaired) electrons. The molecule has 47 heavy (non-hydrogen) atoms. The van der Waals surface area contributed by atoms with Gasteiger partial charge in [0.2, 0.25) is 6.10 Å². The van der Waals surface area contributed by atoms with Crippen LogP contribution in [0.25, 0.3) is 0 Å². The van der Waals surface area contributed by atoms with Crippen LogP contribution >= 0.6 is 11.6 Å². The van der Waals surface area contributed by atoms with Crippen LogP contribution in [0, 0.1) is 11.8 Å². The van der Waals surface area contributed by atoms with Gasteiger partial charge in [0.25, 0.3) is 0 Å². The largest absolute Gasteiger partial charge is 0.493 e. The van der Waals surface area contributed by atoms with E-state index in [1.807, 2.05) is 36.5 Å². The van der Waals surface area contributed by atoms with Crippen LogP contribution in [0.1, 0.15) is 74.3 Å². The molecule has 0 amide bonds. The zero-order chi connectivity index (χ0) is 32.8. The highest BCUT2D eigenvalue weighted by molar-refractivity contribution is 6.30. The van der Waals surface area contributed by atoms with Crippen LogP contribution in [0.4, 0.5) is 5.69 Å². The molecule has 2 heterocycles. The minimum absolute atomic E-state index is 0.0592. The highest BCUT2D eigenvalue weighted by Crippen LogP contribution is 2.58. The lowest BCUT2D eigenvalue weighted by atomic mass is 9.59. The lowest BCUT2D eigenvalue weighted by Gasteiger charge is -2.47. The average Bonchev–Trinajstić information content (AvgIpc) is 3.34. The standard InChI is InChI=1S/C37H41ClN2O7/c1-22(20-45-30-9-14-39-29-8-3-2-7-27(29)30)15-24-16-23-17-32-31(46-21-33(47-32)34(41)42)19-28(23)36(24)10-12-37(13-11-36,35(43)44)40-26-6-4-5-25(38)18-26/h4-6,9,14,17-19,22,24,33,40H,2-3,7-8,10-13,15-16,20-21H2,1H3,(H,41,42)(H,43,44)/t22-,24?,33?,36?,37?/m1/s1. The van der Waals surface area contributed by atoms with Crippen LogP contribution in [0.5, 0.6) is 17.2 Å². The fourth-order valence-electron chi connectivity index (χ4n) is 8.45. The van der Waals surface area contributed by atoms with Crippen molar-refractivity contribution in [3.05, 3.63) is 76.1 Å². The Morgan fingerprint density at radius 1 is 1.09 bits per heavy atom. The number of hydrogen-bond donors (Lipinski definition) is 3. The van der Waals surface area contributed by atoms with Crippen LogP contribution in [-0.4, -0.2) is 52.0 Å². The zero-order valence-electron chi connectivity index (χ0n) is 26.6. The van der Waals surface area contributed by atoms with E-state index in [1.165, 1.54) is 12.0 Å². The fraction of sp³-hybridized carbons (Fsp3) is 0.486. The fourth-order valence-corrected chi connectivity index (χ4v) is 8.64. The number of aromatic nitrogens is 1. The van der Waals surface area contributed by atoms with Crippen molar-refractivity contribution in [2.45, 2.75) is 88.2 Å². The number of anilines is 1. The first-order chi connectivity index (χ1) is 22.7. The van der Waals surface area contributed by atoms with Crippen LogP contribution in [0.2, 0.25) is 5.02 Å². The first kappa shape index (κ1) is 31.6. The highest BCUT2D eigenvalue weighted by atomic mass is 35.5. The number of halogens is 1. The molecule has 248 valence electrons. The Labute approximate surface area is 279 Å². The predicted octanol–water partition coefficient (Wildman–Crippen LogP) is 6.86. The summed E-state index contributed by atoms with van der Waals surface area (Å²) in [6.45, 7) is 2.75. The summed E-state index contributed by atoms with van der Waals surface area (Å²) >= 11 is 6.24. The first-order valence-corrected chi connectivity index (χ1v) is 17.1. The van der Waals surface area contributed by atoms with Crippen molar-refractivity contribution < 1.29 is 34.0 Å². The number of nitrogens with zero attached hydrogens (tertiary/aromatic N) is 1. The number of fused-ring (bicyclic) bond motifs is 4. The second-order valence-corrected chi connectivity index (χ2v) is 14.3. The van der Waals surface area contributed by atoms with Gasteiger partial charge in [-0.05, 0) is 129 Å². The van der Waals surface area contributed by atoms with Gasteiger partial charge in [0.1, 0.15) is 17.9 Å². The van der Waals surface area contributed by atoms with E-state index in [9.17, 15) is 19.8 Å². The summed E-state index contributed by atoms with van der Waals surface area (Å²) in [5.74, 6) is 0.498. The number of hydrogen-bond acceptors (Lipinski definition) is 7. The smallest absolute Gasteiger partial charge is 0.348 e. The molecule has 0 saturated heterocycles. The second-order valence-electron chi connectivity index (χ2n) is 13.9. The Hall–Kier alpha value is -3.98. The van der Waals surface area contributed by atoms with Gasteiger partial charge in [0.15, 0.2) is 11.5 Å². The minimum Gasteiger partial charge on any atom is -0.493 e. The Morgan fingerprint density at radius 3 is 2.66 bits per heavy atom. The predicted molar refractivity (Wildman–Crippen MR) is 177 cm³/mol. The number of carboxylic acids is 2. The first-order valence-electron chi connectivity index (χ1n) is 16.7. The van der Waals surface area contributed by atoms with Crippen LogP contribution < -0.4 is 19.5 Å². The van der Waals surface area contributed by atoms with Crippen molar-refractivity contribution in [3.8, 4) is 17.2 Å². The van der Waals surface area contributed by atoms with Crippen molar-refractivity contribution >= 4 is 29.2 Å². The zero-order valence-corrected chi connectivity index (χ0v) is 27.4. The van der Waals surface area contributed by atoms with Crippen LogP contribution in [0.3, 0.4) is 0 Å². The number of pyridine rings is 1. The van der Waals surface area contributed by atoms with E-state index < -0.39 is 23.6 Å². The molecule has 7 rings (SSSR count). The highest BCUT2D eigenvalue weighted by Gasteiger charge is 2.54. The molecule has 1 aromatic heterocycles. The van der Waals surface area contributed by atoms with Crippen LogP contribution in [-0.2, 0) is 34.3 Å². The van der Waals surface area contributed by atoms with E-state index in [1.54, 1.807) is 12.1 Å². The number of carbonyl (C=O) groups is 2. The number of carboxylic acid groups (broad SMARTS) is 2.